The van der Waals surface area contributed by atoms with Gasteiger partial charge in [0.2, 0.25) is 11.8 Å². The minimum absolute atomic E-state index is 0.109. The molecule has 0 spiro atoms. The van der Waals surface area contributed by atoms with Gasteiger partial charge in [-0.2, -0.15) is 0 Å². The Morgan fingerprint density at radius 2 is 1.78 bits per heavy atom. The number of hydrogen-bond donors (Lipinski definition) is 1. The minimum atomic E-state index is -0.546. The molecule has 1 unspecified atom stereocenters. The van der Waals surface area contributed by atoms with Crippen LogP contribution in [0.15, 0.2) is 59.1 Å². The number of para-hydroxylation sites is 1. The van der Waals surface area contributed by atoms with E-state index in [0.29, 0.717) is 19.6 Å². The Balaban J connectivity index is 1.86. The molecule has 1 aliphatic rings. The molecule has 0 saturated carbocycles. The summed E-state index contributed by atoms with van der Waals surface area (Å²) >= 11 is 3.54. The van der Waals surface area contributed by atoms with E-state index in [1.807, 2.05) is 68.4 Å². The molecule has 2 N–H and O–H groups in total. The molecule has 4 amide bonds. The lowest BCUT2D eigenvalue weighted by Crippen LogP contribution is -2.44. The summed E-state index contributed by atoms with van der Waals surface area (Å²) in [7, 11) is 0. The summed E-state index contributed by atoms with van der Waals surface area (Å²) in [6.45, 7) is 5.14. The summed E-state index contributed by atoms with van der Waals surface area (Å²) in [5.74, 6) is -0.541. The third-order valence-electron chi connectivity index (χ3n) is 5.30. The van der Waals surface area contributed by atoms with Crippen LogP contribution in [-0.2, 0) is 16.1 Å². The molecule has 7 nitrogen and oxygen atoms in total. The standard InChI is InChI=1S/C24H29BrN4O3/c1-17(2)13-27(16-22(26)30)23(31)12-19-15-28(14-18-8-4-3-5-9-18)24(32)29(19)21-11-7-6-10-20(21)25/h3-11,17,19H,12-16H2,1-2H3,(H2,26,30). The maximum atomic E-state index is 13.4. The number of primary amides is 1. The van der Waals surface area contributed by atoms with Gasteiger partial charge in [-0.3, -0.25) is 14.5 Å². The molecule has 0 aliphatic carbocycles. The van der Waals surface area contributed by atoms with E-state index < -0.39 is 5.91 Å². The van der Waals surface area contributed by atoms with Crippen molar-refractivity contribution < 1.29 is 14.4 Å². The van der Waals surface area contributed by atoms with Crippen molar-refractivity contribution in [1.82, 2.24) is 9.80 Å². The topological polar surface area (TPSA) is 87.0 Å². The number of benzene rings is 2. The molecule has 3 rings (SSSR count). The van der Waals surface area contributed by atoms with E-state index >= 15 is 0 Å². The summed E-state index contributed by atoms with van der Waals surface area (Å²) in [6, 6.07) is 16.7. The number of nitrogens with two attached hydrogens (primary N) is 1. The van der Waals surface area contributed by atoms with Crippen LogP contribution in [-0.4, -0.2) is 53.3 Å². The summed E-state index contributed by atoms with van der Waals surface area (Å²) in [5, 5.41) is 0. The highest BCUT2D eigenvalue weighted by atomic mass is 79.9. The number of rotatable bonds is 9. The first-order chi connectivity index (χ1) is 15.3. The number of hydrogen-bond acceptors (Lipinski definition) is 3. The number of nitrogens with zero attached hydrogens (tertiary/aromatic N) is 3. The van der Waals surface area contributed by atoms with Crippen LogP contribution in [0.4, 0.5) is 10.5 Å². The SMILES string of the molecule is CC(C)CN(CC(N)=O)C(=O)CC1CN(Cc2ccccc2)C(=O)N1c1ccccc1Br. The van der Waals surface area contributed by atoms with E-state index in [9.17, 15) is 14.4 Å². The molecule has 1 fully saturated rings. The molecule has 1 saturated heterocycles. The Bertz CT molecular complexity index is 967. The third-order valence-corrected chi connectivity index (χ3v) is 5.97. The van der Waals surface area contributed by atoms with E-state index in [0.717, 1.165) is 15.7 Å². The summed E-state index contributed by atoms with van der Waals surface area (Å²) in [4.78, 5) is 43.0. The van der Waals surface area contributed by atoms with Gasteiger partial charge in [0.1, 0.15) is 0 Å². The van der Waals surface area contributed by atoms with E-state index in [4.69, 9.17) is 5.73 Å². The van der Waals surface area contributed by atoms with Gasteiger partial charge in [0.05, 0.1) is 18.3 Å². The number of carbonyl (C=O) groups excluding carboxylic acids is 3. The fourth-order valence-corrected chi connectivity index (χ4v) is 4.45. The minimum Gasteiger partial charge on any atom is -0.368 e. The van der Waals surface area contributed by atoms with E-state index in [1.54, 1.807) is 9.80 Å². The van der Waals surface area contributed by atoms with Gasteiger partial charge in [0.25, 0.3) is 0 Å². The van der Waals surface area contributed by atoms with Crippen LogP contribution in [0.3, 0.4) is 0 Å². The molecular formula is C24H29BrN4O3. The van der Waals surface area contributed by atoms with Crippen molar-refractivity contribution in [2.24, 2.45) is 11.7 Å². The number of amides is 4. The van der Waals surface area contributed by atoms with Crippen molar-refractivity contribution in [1.29, 1.82) is 0 Å². The highest BCUT2D eigenvalue weighted by Crippen LogP contribution is 2.33. The van der Waals surface area contributed by atoms with Crippen LogP contribution in [0.1, 0.15) is 25.8 Å². The van der Waals surface area contributed by atoms with Gasteiger partial charge >= 0.3 is 6.03 Å². The molecule has 0 radical (unpaired) electrons. The normalized spacial score (nSPS) is 16.0. The van der Waals surface area contributed by atoms with E-state index in [-0.39, 0.29) is 36.9 Å². The molecule has 0 aromatic heterocycles. The molecule has 2 aromatic rings. The van der Waals surface area contributed by atoms with Crippen LogP contribution < -0.4 is 10.6 Å². The van der Waals surface area contributed by atoms with Crippen molar-refractivity contribution in [3.8, 4) is 0 Å². The molecule has 32 heavy (non-hydrogen) atoms. The van der Waals surface area contributed by atoms with Crippen LogP contribution in [0.25, 0.3) is 0 Å². The summed E-state index contributed by atoms with van der Waals surface area (Å²) in [6.07, 6.45) is 0.109. The molecule has 1 aliphatic heterocycles. The zero-order chi connectivity index (χ0) is 23.3. The fraction of sp³-hybridized carbons (Fsp3) is 0.375. The van der Waals surface area contributed by atoms with E-state index in [2.05, 4.69) is 15.9 Å². The Morgan fingerprint density at radius 3 is 2.41 bits per heavy atom. The second kappa shape index (κ2) is 10.6. The average molecular weight is 501 g/mol. The van der Waals surface area contributed by atoms with Gasteiger partial charge in [0, 0.05) is 30.5 Å². The number of urea groups is 1. The average Bonchev–Trinajstić information content (AvgIpc) is 3.02. The molecule has 170 valence electrons. The predicted molar refractivity (Wildman–Crippen MR) is 128 cm³/mol. The van der Waals surface area contributed by atoms with Crippen LogP contribution in [0.5, 0.6) is 0 Å². The Labute approximate surface area is 197 Å². The van der Waals surface area contributed by atoms with Crippen LogP contribution in [0.2, 0.25) is 0 Å². The van der Waals surface area contributed by atoms with Crippen molar-refractivity contribution in [3.63, 3.8) is 0 Å². The third kappa shape index (κ3) is 5.88. The Kier molecular flexibility index (Phi) is 7.90. The number of anilines is 1. The Hall–Kier alpha value is -2.87. The van der Waals surface area contributed by atoms with Crippen molar-refractivity contribution in [2.45, 2.75) is 32.9 Å². The largest absolute Gasteiger partial charge is 0.368 e. The molecule has 1 heterocycles. The molecule has 1 atom stereocenters. The first-order valence-electron chi connectivity index (χ1n) is 10.7. The molecular weight excluding hydrogens is 472 g/mol. The van der Waals surface area contributed by atoms with Crippen LogP contribution in [0, 0.1) is 5.92 Å². The second-order valence-corrected chi connectivity index (χ2v) is 9.32. The molecule has 0 bridgehead atoms. The maximum Gasteiger partial charge on any atom is 0.325 e. The van der Waals surface area contributed by atoms with Crippen molar-refractivity contribution >= 4 is 39.5 Å². The molecule has 8 heteroatoms. The number of halogens is 1. The van der Waals surface area contributed by atoms with Crippen molar-refractivity contribution in [3.05, 3.63) is 64.6 Å². The lowest BCUT2D eigenvalue weighted by atomic mass is 10.1. The first-order valence-corrected chi connectivity index (χ1v) is 11.5. The lowest BCUT2D eigenvalue weighted by molar-refractivity contribution is -0.135. The highest BCUT2D eigenvalue weighted by Gasteiger charge is 2.40. The zero-order valence-corrected chi connectivity index (χ0v) is 20.0. The van der Waals surface area contributed by atoms with Crippen molar-refractivity contribution in [2.75, 3.05) is 24.5 Å². The fourth-order valence-electron chi connectivity index (χ4n) is 3.98. The Morgan fingerprint density at radius 1 is 1.12 bits per heavy atom. The summed E-state index contributed by atoms with van der Waals surface area (Å²) in [5.41, 5.74) is 7.11. The lowest BCUT2D eigenvalue weighted by Gasteiger charge is -2.28. The van der Waals surface area contributed by atoms with Crippen LogP contribution >= 0.6 is 15.9 Å². The smallest absolute Gasteiger partial charge is 0.325 e. The van der Waals surface area contributed by atoms with Gasteiger partial charge in [-0.15, -0.1) is 0 Å². The maximum absolute atomic E-state index is 13.4. The van der Waals surface area contributed by atoms with Gasteiger partial charge < -0.3 is 15.5 Å². The first kappa shape index (κ1) is 23.8. The highest BCUT2D eigenvalue weighted by molar-refractivity contribution is 9.10. The molecule has 2 aromatic carbocycles. The summed E-state index contributed by atoms with van der Waals surface area (Å²) < 4.78 is 0.781. The zero-order valence-electron chi connectivity index (χ0n) is 18.4. The monoisotopic (exact) mass is 500 g/mol. The second-order valence-electron chi connectivity index (χ2n) is 8.46. The van der Waals surface area contributed by atoms with Gasteiger partial charge in [0.15, 0.2) is 0 Å². The van der Waals surface area contributed by atoms with Gasteiger partial charge in [-0.05, 0) is 39.5 Å². The quantitative estimate of drug-likeness (QED) is 0.570. The predicted octanol–water partition coefficient (Wildman–Crippen LogP) is 3.62. The van der Waals surface area contributed by atoms with E-state index in [1.165, 1.54) is 4.90 Å². The number of carbonyl (C=O) groups is 3. The van der Waals surface area contributed by atoms with Gasteiger partial charge in [-0.1, -0.05) is 56.3 Å². The van der Waals surface area contributed by atoms with Gasteiger partial charge in [-0.25, -0.2) is 4.79 Å².